The van der Waals surface area contributed by atoms with Crippen LogP contribution in [0.4, 0.5) is 13.2 Å². The molecule has 2 aromatic carbocycles. The molecule has 3 rings (SSSR count). The normalized spacial score (nSPS) is 11.4. The number of carboxylic acid groups (broad SMARTS) is 1. The lowest BCUT2D eigenvalue weighted by atomic mass is 10.1. The van der Waals surface area contributed by atoms with Crippen molar-refractivity contribution in [2.45, 2.75) is 16.3 Å². The summed E-state index contributed by atoms with van der Waals surface area (Å²) in [5.41, 5.74) is 0.589. The minimum atomic E-state index is -4.94. The van der Waals surface area contributed by atoms with Crippen molar-refractivity contribution < 1.29 is 27.8 Å². The van der Waals surface area contributed by atoms with Crippen molar-refractivity contribution in [3.8, 4) is 16.9 Å². The fourth-order valence-electron chi connectivity index (χ4n) is 2.19. The molecule has 0 amide bonds. The molecule has 0 bridgehead atoms. The fraction of sp³-hybridized carbons (Fsp3) is 0.0625. The van der Waals surface area contributed by atoms with Gasteiger partial charge in [-0.05, 0) is 23.8 Å². The van der Waals surface area contributed by atoms with E-state index in [0.717, 1.165) is 0 Å². The van der Waals surface area contributed by atoms with Gasteiger partial charge < -0.3 is 9.84 Å². The summed E-state index contributed by atoms with van der Waals surface area (Å²) in [6.45, 7) is 0. The van der Waals surface area contributed by atoms with E-state index >= 15 is 0 Å². The number of hydrogen-bond donors (Lipinski definition) is 2. The monoisotopic (exact) mass is 415 g/mol. The van der Waals surface area contributed by atoms with Crippen LogP contribution in [0.2, 0.25) is 5.02 Å². The third kappa shape index (κ3) is 4.52. The summed E-state index contributed by atoms with van der Waals surface area (Å²) >= 11 is 6.78. The van der Waals surface area contributed by atoms with Gasteiger partial charge in [0.15, 0.2) is 10.7 Å². The zero-order chi connectivity index (χ0) is 19.6. The molecule has 11 heteroatoms. The van der Waals surface area contributed by atoms with Crippen LogP contribution >= 0.6 is 23.4 Å². The Kier molecular flexibility index (Phi) is 5.29. The number of alkyl halides is 3. The van der Waals surface area contributed by atoms with Gasteiger partial charge in [-0.25, -0.2) is 4.79 Å². The molecule has 0 aliphatic heterocycles. The second-order valence-corrected chi connectivity index (χ2v) is 6.53. The van der Waals surface area contributed by atoms with E-state index in [-0.39, 0.29) is 15.6 Å². The lowest BCUT2D eigenvalue weighted by Crippen LogP contribution is -2.17. The highest BCUT2D eigenvalue weighted by Gasteiger charge is 2.33. The van der Waals surface area contributed by atoms with Crippen LogP contribution in [0, 0.1) is 0 Å². The highest BCUT2D eigenvalue weighted by Crippen LogP contribution is 2.41. The number of benzene rings is 2. The number of nitrogens with one attached hydrogen (secondary N) is 1. The lowest BCUT2D eigenvalue weighted by molar-refractivity contribution is -0.275. The number of nitrogens with zero attached hydrogens (tertiary/aromatic N) is 2. The molecule has 0 aliphatic carbocycles. The molecule has 0 atom stereocenters. The van der Waals surface area contributed by atoms with Crippen LogP contribution in [0.5, 0.6) is 5.75 Å². The molecule has 0 radical (unpaired) electrons. The van der Waals surface area contributed by atoms with Crippen molar-refractivity contribution in [1.29, 1.82) is 0 Å². The number of aromatic nitrogens is 3. The van der Waals surface area contributed by atoms with Crippen molar-refractivity contribution in [1.82, 2.24) is 15.4 Å². The Morgan fingerprint density at radius 3 is 2.63 bits per heavy atom. The zero-order valence-corrected chi connectivity index (χ0v) is 14.7. The van der Waals surface area contributed by atoms with Gasteiger partial charge in [0.2, 0.25) is 0 Å². The number of aromatic amines is 1. The maximum absolute atomic E-state index is 12.8. The minimum Gasteiger partial charge on any atom is -0.476 e. The maximum Gasteiger partial charge on any atom is 0.573 e. The Labute approximate surface area is 159 Å². The first-order valence-corrected chi connectivity index (χ1v) is 8.41. The van der Waals surface area contributed by atoms with Crippen LogP contribution in [0.3, 0.4) is 0 Å². The van der Waals surface area contributed by atoms with Crippen LogP contribution in [0.1, 0.15) is 10.5 Å². The second-order valence-electron chi connectivity index (χ2n) is 5.09. The van der Waals surface area contributed by atoms with E-state index in [1.807, 2.05) is 0 Å². The van der Waals surface area contributed by atoms with Crippen molar-refractivity contribution in [2.24, 2.45) is 0 Å². The molecule has 0 saturated heterocycles. The van der Waals surface area contributed by atoms with Gasteiger partial charge in [0.05, 0.1) is 4.90 Å². The van der Waals surface area contributed by atoms with Gasteiger partial charge in [0.25, 0.3) is 0 Å². The maximum atomic E-state index is 12.8. The van der Waals surface area contributed by atoms with Gasteiger partial charge >= 0.3 is 12.3 Å². The van der Waals surface area contributed by atoms with Crippen LogP contribution in [-0.4, -0.2) is 32.8 Å². The number of hydrogen-bond acceptors (Lipinski definition) is 5. The lowest BCUT2D eigenvalue weighted by Gasteiger charge is -2.14. The van der Waals surface area contributed by atoms with Gasteiger partial charge in [0.1, 0.15) is 5.75 Å². The van der Waals surface area contributed by atoms with Gasteiger partial charge in [-0.2, -0.15) is 0 Å². The molecule has 6 nitrogen and oxygen atoms in total. The summed E-state index contributed by atoms with van der Waals surface area (Å²) in [4.78, 5) is 11.1. The van der Waals surface area contributed by atoms with Crippen LogP contribution in [-0.2, 0) is 0 Å². The SMILES string of the molecule is O=C(O)c1[nH]nnc1Sc1ccc(-c2ccccc2Cl)cc1OC(F)(F)F. The van der Waals surface area contributed by atoms with Crippen LogP contribution in [0.25, 0.3) is 11.1 Å². The summed E-state index contributed by atoms with van der Waals surface area (Å²) in [7, 11) is 0. The van der Waals surface area contributed by atoms with E-state index in [9.17, 15) is 18.0 Å². The molecule has 0 aliphatic rings. The Hall–Kier alpha value is -2.72. The molecule has 3 aromatic rings. The molecular weight excluding hydrogens is 407 g/mol. The molecule has 1 heterocycles. The van der Waals surface area contributed by atoms with Crippen molar-refractivity contribution >= 4 is 29.3 Å². The summed E-state index contributed by atoms with van der Waals surface area (Å²) in [5.74, 6) is -1.85. The van der Waals surface area contributed by atoms with Crippen molar-refractivity contribution in [3.05, 3.63) is 53.2 Å². The van der Waals surface area contributed by atoms with Gasteiger partial charge in [-0.3, -0.25) is 5.10 Å². The summed E-state index contributed by atoms with van der Waals surface area (Å²) in [6.07, 6.45) is -4.94. The van der Waals surface area contributed by atoms with Gasteiger partial charge in [0, 0.05) is 10.6 Å². The molecule has 1 aromatic heterocycles. The Morgan fingerprint density at radius 1 is 1.22 bits per heavy atom. The van der Waals surface area contributed by atoms with Gasteiger partial charge in [-0.1, -0.05) is 52.8 Å². The van der Waals surface area contributed by atoms with Crippen molar-refractivity contribution in [2.75, 3.05) is 0 Å². The number of halogens is 4. The van der Waals surface area contributed by atoms with Gasteiger partial charge in [-0.15, -0.1) is 18.3 Å². The smallest absolute Gasteiger partial charge is 0.476 e. The number of aromatic carboxylic acids is 1. The Bertz CT molecular complexity index is 994. The Morgan fingerprint density at radius 2 is 1.96 bits per heavy atom. The third-order valence-electron chi connectivity index (χ3n) is 3.29. The summed E-state index contributed by atoms with van der Waals surface area (Å²) in [5, 5.41) is 18.4. The molecule has 0 fully saturated rings. The Balaban J connectivity index is 2.04. The molecule has 0 saturated carbocycles. The second kappa shape index (κ2) is 7.49. The standard InChI is InChI=1S/C16H9ClF3N3O3S/c17-10-4-2-1-3-9(10)8-5-6-12(11(7-8)26-16(18,19)20)27-14-13(15(24)25)21-23-22-14/h1-7H,(H,24,25)(H,21,22,23). The van der Waals surface area contributed by atoms with E-state index in [2.05, 4.69) is 20.1 Å². The predicted molar refractivity (Wildman–Crippen MR) is 91.0 cm³/mol. The molecule has 0 unspecified atom stereocenters. The molecule has 2 N–H and O–H groups in total. The number of H-pyrrole nitrogens is 1. The summed E-state index contributed by atoms with van der Waals surface area (Å²) in [6, 6.07) is 10.7. The number of ether oxygens (including phenoxy) is 1. The third-order valence-corrected chi connectivity index (χ3v) is 4.66. The molecular formula is C16H9ClF3N3O3S. The average Bonchev–Trinajstić information content (AvgIpc) is 3.04. The first kappa shape index (κ1) is 19.1. The largest absolute Gasteiger partial charge is 0.573 e. The van der Waals surface area contributed by atoms with Crippen molar-refractivity contribution in [3.63, 3.8) is 0 Å². The van der Waals surface area contributed by atoms with Crippen LogP contribution in [0.15, 0.2) is 52.4 Å². The number of carboxylic acids is 1. The van der Waals surface area contributed by atoms with E-state index in [4.69, 9.17) is 16.7 Å². The highest BCUT2D eigenvalue weighted by molar-refractivity contribution is 7.99. The fourth-order valence-corrected chi connectivity index (χ4v) is 3.30. The molecule has 0 spiro atoms. The first-order valence-electron chi connectivity index (χ1n) is 7.21. The van der Waals surface area contributed by atoms with Crippen LogP contribution < -0.4 is 4.74 Å². The topological polar surface area (TPSA) is 88.1 Å². The average molecular weight is 416 g/mol. The molecule has 140 valence electrons. The zero-order valence-electron chi connectivity index (χ0n) is 13.1. The predicted octanol–water partition coefficient (Wildman–Crippen LogP) is 4.87. The molecule has 27 heavy (non-hydrogen) atoms. The van der Waals surface area contributed by atoms with E-state index < -0.39 is 18.1 Å². The van der Waals surface area contributed by atoms with E-state index in [1.165, 1.54) is 12.1 Å². The quantitative estimate of drug-likeness (QED) is 0.618. The van der Waals surface area contributed by atoms with E-state index in [1.54, 1.807) is 30.3 Å². The first-order chi connectivity index (χ1) is 12.7. The summed E-state index contributed by atoms with van der Waals surface area (Å²) < 4.78 is 42.6. The minimum absolute atomic E-state index is 0.0135. The number of carbonyl (C=O) groups is 1. The highest BCUT2D eigenvalue weighted by atomic mass is 35.5. The number of rotatable bonds is 5. The van der Waals surface area contributed by atoms with E-state index in [0.29, 0.717) is 27.9 Å².